The molecule has 2 atom stereocenters. The molecule has 4 rings (SSSR count). The first-order valence-corrected chi connectivity index (χ1v) is 11.3. The van der Waals surface area contributed by atoms with Gasteiger partial charge in [-0.25, -0.2) is 4.68 Å². The Labute approximate surface area is 176 Å². The second-order valence-corrected chi connectivity index (χ2v) is 8.98. The fraction of sp³-hybridized carbons (Fsp3) is 0.333. The summed E-state index contributed by atoms with van der Waals surface area (Å²) in [6, 6.07) is 19.0. The molecule has 29 heavy (non-hydrogen) atoms. The van der Waals surface area contributed by atoms with Gasteiger partial charge in [0.15, 0.2) is 0 Å². The Morgan fingerprint density at radius 2 is 1.97 bits per heavy atom. The molecule has 1 amide bonds. The van der Waals surface area contributed by atoms with Crippen LogP contribution in [-0.4, -0.2) is 20.9 Å². The van der Waals surface area contributed by atoms with Crippen LogP contribution in [0.1, 0.15) is 48.1 Å². The van der Waals surface area contributed by atoms with Crippen molar-refractivity contribution in [2.24, 2.45) is 0 Å². The van der Waals surface area contributed by atoms with Gasteiger partial charge in [0.25, 0.3) is 0 Å². The average molecular weight is 406 g/mol. The molecule has 0 radical (unpaired) electrons. The Morgan fingerprint density at radius 3 is 2.79 bits per heavy atom. The second kappa shape index (κ2) is 8.87. The Balaban J connectivity index is 1.49. The number of carbonyl (C=O) groups excluding carboxylic acids is 1. The maximum atomic E-state index is 12.9. The van der Waals surface area contributed by atoms with Crippen molar-refractivity contribution < 1.29 is 4.79 Å². The van der Waals surface area contributed by atoms with E-state index in [1.54, 1.807) is 11.8 Å². The van der Waals surface area contributed by atoms with Gasteiger partial charge in [-0.1, -0.05) is 54.6 Å². The predicted molar refractivity (Wildman–Crippen MR) is 120 cm³/mol. The van der Waals surface area contributed by atoms with Gasteiger partial charge in [0, 0.05) is 11.3 Å². The number of fused-ring (bicyclic) bond motifs is 1. The number of thioether (sulfide) groups is 1. The number of aromatic nitrogens is 2. The van der Waals surface area contributed by atoms with E-state index in [4.69, 9.17) is 0 Å². The van der Waals surface area contributed by atoms with Gasteiger partial charge >= 0.3 is 0 Å². The number of rotatable bonds is 6. The zero-order chi connectivity index (χ0) is 20.2. The van der Waals surface area contributed by atoms with Gasteiger partial charge in [-0.3, -0.25) is 4.79 Å². The summed E-state index contributed by atoms with van der Waals surface area (Å²) in [5.41, 5.74) is 4.95. The third-order valence-electron chi connectivity index (χ3n) is 5.57. The van der Waals surface area contributed by atoms with Crippen LogP contribution < -0.4 is 5.32 Å². The van der Waals surface area contributed by atoms with E-state index in [1.165, 1.54) is 16.7 Å². The van der Waals surface area contributed by atoms with E-state index >= 15 is 0 Å². The molecule has 0 fully saturated rings. The minimum absolute atomic E-state index is 0.0277. The first-order chi connectivity index (χ1) is 14.1. The molecule has 0 bridgehead atoms. The maximum Gasteiger partial charge on any atom is 0.238 e. The highest BCUT2D eigenvalue weighted by atomic mass is 32.2. The molecule has 1 heterocycles. The average Bonchev–Trinajstić information content (AvgIpc) is 3.12. The van der Waals surface area contributed by atoms with Gasteiger partial charge in [-0.05, 0) is 49.8 Å². The van der Waals surface area contributed by atoms with Crippen molar-refractivity contribution in [3.63, 3.8) is 0 Å². The third kappa shape index (κ3) is 4.40. The summed E-state index contributed by atoms with van der Waals surface area (Å²) >= 11 is 1.65. The SMILES string of the molecule is Cc1cnn(C2CCCc3ccccc32)c1NC(=O)C(C)SCc1ccccc1. The molecule has 0 aliphatic heterocycles. The van der Waals surface area contributed by atoms with Crippen molar-refractivity contribution in [3.05, 3.63) is 83.0 Å². The normalized spacial score (nSPS) is 16.8. The number of benzene rings is 2. The summed E-state index contributed by atoms with van der Waals surface area (Å²) in [7, 11) is 0. The lowest BCUT2D eigenvalue weighted by molar-refractivity contribution is -0.115. The molecule has 4 nitrogen and oxygen atoms in total. The summed E-state index contributed by atoms with van der Waals surface area (Å²) in [6.45, 7) is 3.98. The molecule has 2 unspecified atom stereocenters. The van der Waals surface area contributed by atoms with E-state index in [0.29, 0.717) is 0 Å². The van der Waals surface area contributed by atoms with Gasteiger partial charge in [0.05, 0.1) is 17.5 Å². The van der Waals surface area contributed by atoms with E-state index in [1.807, 2.05) is 42.9 Å². The zero-order valence-corrected chi connectivity index (χ0v) is 17.8. The monoisotopic (exact) mass is 405 g/mol. The van der Waals surface area contributed by atoms with Crippen LogP contribution in [0.4, 0.5) is 5.82 Å². The largest absolute Gasteiger partial charge is 0.310 e. The Hall–Kier alpha value is -2.53. The van der Waals surface area contributed by atoms with Gasteiger partial charge in [0.2, 0.25) is 5.91 Å². The van der Waals surface area contributed by atoms with Crippen LogP contribution in [0.5, 0.6) is 0 Å². The summed E-state index contributed by atoms with van der Waals surface area (Å²) < 4.78 is 2.01. The van der Waals surface area contributed by atoms with Crippen molar-refractivity contribution in [1.29, 1.82) is 0 Å². The summed E-state index contributed by atoms with van der Waals surface area (Å²) in [4.78, 5) is 12.9. The van der Waals surface area contributed by atoms with Crippen molar-refractivity contribution >= 4 is 23.5 Å². The lowest BCUT2D eigenvalue weighted by Gasteiger charge is -2.27. The maximum absolute atomic E-state index is 12.9. The van der Waals surface area contributed by atoms with Gasteiger partial charge < -0.3 is 5.32 Å². The first-order valence-electron chi connectivity index (χ1n) is 10.2. The molecule has 0 saturated heterocycles. The van der Waals surface area contributed by atoms with Gasteiger partial charge in [0.1, 0.15) is 5.82 Å². The molecular formula is C24H27N3OS. The molecule has 0 saturated carbocycles. The fourth-order valence-electron chi connectivity index (χ4n) is 3.91. The summed E-state index contributed by atoms with van der Waals surface area (Å²) in [5, 5.41) is 7.66. The van der Waals surface area contributed by atoms with Crippen molar-refractivity contribution in [2.45, 2.75) is 50.2 Å². The number of anilines is 1. The molecular weight excluding hydrogens is 378 g/mol. The van der Waals surface area contributed by atoms with Gasteiger partial charge in [-0.15, -0.1) is 11.8 Å². The number of hydrogen-bond donors (Lipinski definition) is 1. The van der Waals surface area contributed by atoms with E-state index in [9.17, 15) is 4.79 Å². The van der Waals surface area contributed by atoms with E-state index in [-0.39, 0.29) is 17.2 Å². The smallest absolute Gasteiger partial charge is 0.238 e. The predicted octanol–water partition coefficient (Wildman–Crippen LogP) is 5.38. The summed E-state index contributed by atoms with van der Waals surface area (Å²) in [5.74, 6) is 1.67. The number of amides is 1. The quantitative estimate of drug-likeness (QED) is 0.599. The van der Waals surface area contributed by atoms with Crippen LogP contribution in [0.3, 0.4) is 0 Å². The van der Waals surface area contributed by atoms with Crippen molar-refractivity contribution in [3.8, 4) is 0 Å². The highest BCUT2D eigenvalue weighted by Gasteiger charge is 2.26. The minimum atomic E-state index is -0.142. The number of carbonyl (C=O) groups is 1. The Kier molecular flexibility index (Phi) is 6.05. The second-order valence-electron chi connectivity index (χ2n) is 7.66. The Bertz CT molecular complexity index is 983. The standard InChI is InChI=1S/C24H27N3OS/c1-17-15-25-27(22-14-8-12-20-11-6-7-13-21(20)22)23(17)26-24(28)18(2)29-16-19-9-4-3-5-10-19/h3-7,9-11,13,15,18,22H,8,12,14,16H2,1-2H3,(H,26,28). The Morgan fingerprint density at radius 1 is 1.21 bits per heavy atom. The highest BCUT2D eigenvalue weighted by Crippen LogP contribution is 2.35. The van der Waals surface area contributed by atoms with Crippen LogP contribution >= 0.6 is 11.8 Å². The van der Waals surface area contributed by atoms with Crippen LogP contribution in [0.15, 0.2) is 60.8 Å². The molecule has 3 aromatic rings. The minimum Gasteiger partial charge on any atom is -0.310 e. The van der Waals surface area contributed by atoms with E-state index in [2.05, 4.69) is 46.8 Å². The van der Waals surface area contributed by atoms with Gasteiger partial charge in [-0.2, -0.15) is 5.10 Å². The highest BCUT2D eigenvalue weighted by molar-refractivity contribution is 7.99. The lowest BCUT2D eigenvalue weighted by atomic mass is 9.88. The number of nitrogens with zero attached hydrogens (tertiary/aromatic N) is 2. The van der Waals surface area contributed by atoms with E-state index in [0.717, 1.165) is 36.4 Å². The molecule has 0 spiro atoms. The lowest BCUT2D eigenvalue weighted by Crippen LogP contribution is -2.27. The molecule has 150 valence electrons. The number of aryl methyl sites for hydroxylation is 2. The van der Waals surface area contributed by atoms with E-state index < -0.39 is 0 Å². The fourth-order valence-corrected chi connectivity index (χ4v) is 4.76. The molecule has 1 N–H and O–H groups in total. The molecule has 1 aromatic heterocycles. The summed E-state index contributed by atoms with van der Waals surface area (Å²) in [6.07, 6.45) is 5.15. The molecule has 2 aromatic carbocycles. The topological polar surface area (TPSA) is 46.9 Å². The number of hydrogen-bond acceptors (Lipinski definition) is 3. The van der Waals surface area contributed by atoms with Crippen LogP contribution in [0.2, 0.25) is 0 Å². The van der Waals surface area contributed by atoms with Crippen LogP contribution in [0.25, 0.3) is 0 Å². The number of nitrogens with one attached hydrogen (secondary N) is 1. The third-order valence-corrected chi connectivity index (χ3v) is 6.78. The molecule has 1 aliphatic rings. The first kappa shape index (κ1) is 19.8. The van der Waals surface area contributed by atoms with Crippen molar-refractivity contribution in [1.82, 2.24) is 9.78 Å². The van der Waals surface area contributed by atoms with Crippen LogP contribution in [0, 0.1) is 6.92 Å². The van der Waals surface area contributed by atoms with Crippen molar-refractivity contribution in [2.75, 3.05) is 5.32 Å². The van der Waals surface area contributed by atoms with Crippen LogP contribution in [-0.2, 0) is 17.0 Å². The molecule has 1 aliphatic carbocycles. The zero-order valence-electron chi connectivity index (χ0n) is 17.0. The molecule has 5 heteroatoms.